The molecule has 0 unspecified atom stereocenters. The summed E-state index contributed by atoms with van der Waals surface area (Å²) in [7, 11) is 0. The smallest absolute Gasteiger partial charge is 0.120 e. The lowest BCUT2D eigenvalue weighted by atomic mass is 10.2. The number of hydrogen-bond donors (Lipinski definition) is 0. The van der Waals surface area contributed by atoms with E-state index >= 15 is 0 Å². The standard InChI is InChI=1S/C12H11ClOS/c1-2-14-9-5-6-10(11(13)8-9)12-4-3-7-15-12/h3-8H,2H2,1H3. The van der Waals surface area contributed by atoms with Crippen LogP contribution >= 0.6 is 22.9 Å². The lowest BCUT2D eigenvalue weighted by Gasteiger charge is -2.06. The molecule has 1 aromatic carbocycles. The second-order valence-electron chi connectivity index (χ2n) is 3.05. The van der Waals surface area contributed by atoms with Crippen LogP contribution in [0.5, 0.6) is 5.75 Å². The quantitative estimate of drug-likeness (QED) is 0.767. The molecule has 0 fully saturated rings. The highest BCUT2D eigenvalue weighted by atomic mass is 35.5. The van der Waals surface area contributed by atoms with Crippen LogP contribution in [0.25, 0.3) is 10.4 Å². The van der Waals surface area contributed by atoms with Gasteiger partial charge in [-0.15, -0.1) is 11.3 Å². The van der Waals surface area contributed by atoms with Crippen LogP contribution in [-0.4, -0.2) is 6.61 Å². The molecule has 0 aliphatic rings. The molecule has 15 heavy (non-hydrogen) atoms. The first-order valence-electron chi connectivity index (χ1n) is 4.77. The Morgan fingerprint density at radius 2 is 2.20 bits per heavy atom. The molecule has 0 spiro atoms. The summed E-state index contributed by atoms with van der Waals surface area (Å²) in [6.45, 7) is 2.62. The first-order valence-corrected chi connectivity index (χ1v) is 6.03. The summed E-state index contributed by atoms with van der Waals surface area (Å²) < 4.78 is 5.38. The predicted molar refractivity (Wildman–Crippen MR) is 65.9 cm³/mol. The van der Waals surface area contributed by atoms with Crippen molar-refractivity contribution in [2.75, 3.05) is 6.61 Å². The Morgan fingerprint density at radius 1 is 1.33 bits per heavy atom. The third kappa shape index (κ3) is 2.33. The third-order valence-corrected chi connectivity index (χ3v) is 3.25. The molecule has 1 aromatic heterocycles. The average molecular weight is 239 g/mol. The first kappa shape index (κ1) is 10.5. The number of thiophene rings is 1. The molecule has 0 radical (unpaired) electrons. The van der Waals surface area contributed by atoms with Gasteiger partial charge in [0, 0.05) is 10.4 Å². The molecular formula is C12H11ClOS. The Labute approximate surface area is 98.3 Å². The van der Waals surface area contributed by atoms with Crippen LogP contribution in [0.1, 0.15) is 6.92 Å². The Balaban J connectivity index is 2.35. The highest BCUT2D eigenvalue weighted by Gasteiger charge is 2.05. The first-order chi connectivity index (χ1) is 7.31. The van der Waals surface area contributed by atoms with Crippen LogP contribution in [0.4, 0.5) is 0 Å². The lowest BCUT2D eigenvalue weighted by molar-refractivity contribution is 0.340. The van der Waals surface area contributed by atoms with Crippen molar-refractivity contribution in [2.45, 2.75) is 6.92 Å². The highest BCUT2D eigenvalue weighted by molar-refractivity contribution is 7.13. The lowest BCUT2D eigenvalue weighted by Crippen LogP contribution is -1.91. The summed E-state index contributed by atoms with van der Waals surface area (Å²) in [4.78, 5) is 1.18. The summed E-state index contributed by atoms with van der Waals surface area (Å²) in [5, 5.41) is 2.78. The Hall–Kier alpha value is -0.990. The Morgan fingerprint density at radius 3 is 2.80 bits per heavy atom. The van der Waals surface area contributed by atoms with E-state index in [1.807, 2.05) is 36.6 Å². The zero-order valence-electron chi connectivity index (χ0n) is 8.37. The topological polar surface area (TPSA) is 9.23 Å². The normalized spacial score (nSPS) is 10.3. The van der Waals surface area contributed by atoms with E-state index in [1.165, 1.54) is 4.88 Å². The fourth-order valence-corrected chi connectivity index (χ4v) is 2.48. The van der Waals surface area contributed by atoms with Gasteiger partial charge < -0.3 is 4.74 Å². The fraction of sp³-hybridized carbons (Fsp3) is 0.167. The van der Waals surface area contributed by atoms with Crippen LogP contribution in [-0.2, 0) is 0 Å². The number of rotatable bonds is 3. The number of ether oxygens (including phenoxy) is 1. The molecule has 0 aliphatic heterocycles. The minimum atomic E-state index is 0.661. The van der Waals surface area contributed by atoms with E-state index in [-0.39, 0.29) is 0 Å². The van der Waals surface area contributed by atoms with E-state index in [0.717, 1.165) is 16.3 Å². The zero-order chi connectivity index (χ0) is 10.7. The van der Waals surface area contributed by atoms with Crippen molar-refractivity contribution in [3.8, 4) is 16.2 Å². The highest BCUT2D eigenvalue weighted by Crippen LogP contribution is 2.33. The molecule has 0 bridgehead atoms. The maximum Gasteiger partial charge on any atom is 0.120 e. The van der Waals surface area contributed by atoms with Crippen molar-refractivity contribution in [1.29, 1.82) is 0 Å². The molecule has 1 heterocycles. The predicted octanol–water partition coefficient (Wildman–Crippen LogP) is 4.47. The van der Waals surface area contributed by atoms with Gasteiger partial charge in [0.1, 0.15) is 5.75 Å². The third-order valence-electron chi connectivity index (χ3n) is 2.04. The van der Waals surface area contributed by atoms with E-state index in [0.29, 0.717) is 6.61 Å². The summed E-state index contributed by atoms with van der Waals surface area (Å²) in [5.74, 6) is 0.822. The molecule has 78 valence electrons. The van der Waals surface area contributed by atoms with Crippen molar-refractivity contribution >= 4 is 22.9 Å². The van der Waals surface area contributed by atoms with Crippen LogP contribution < -0.4 is 4.74 Å². The molecule has 1 nitrogen and oxygen atoms in total. The molecule has 2 rings (SSSR count). The summed E-state index contributed by atoms with van der Waals surface area (Å²) >= 11 is 7.87. The minimum absolute atomic E-state index is 0.661. The van der Waals surface area contributed by atoms with Crippen molar-refractivity contribution in [3.05, 3.63) is 40.7 Å². The summed E-state index contributed by atoms with van der Waals surface area (Å²) in [6.07, 6.45) is 0. The van der Waals surface area contributed by atoms with E-state index in [2.05, 4.69) is 6.07 Å². The van der Waals surface area contributed by atoms with Gasteiger partial charge in [-0.3, -0.25) is 0 Å². The Kier molecular flexibility index (Phi) is 3.29. The maximum absolute atomic E-state index is 6.18. The van der Waals surface area contributed by atoms with E-state index < -0.39 is 0 Å². The van der Waals surface area contributed by atoms with Crippen molar-refractivity contribution in [2.24, 2.45) is 0 Å². The molecule has 0 atom stereocenters. The molecule has 0 aliphatic carbocycles. The number of benzene rings is 1. The van der Waals surface area contributed by atoms with Crippen LogP contribution in [0.3, 0.4) is 0 Å². The molecular weight excluding hydrogens is 228 g/mol. The van der Waals surface area contributed by atoms with Gasteiger partial charge in [0.25, 0.3) is 0 Å². The zero-order valence-corrected chi connectivity index (χ0v) is 9.94. The van der Waals surface area contributed by atoms with Crippen molar-refractivity contribution < 1.29 is 4.74 Å². The van der Waals surface area contributed by atoms with E-state index in [9.17, 15) is 0 Å². The van der Waals surface area contributed by atoms with Gasteiger partial charge in [-0.25, -0.2) is 0 Å². The monoisotopic (exact) mass is 238 g/mol. The van der Waals surface area contributed by atoms with Crippen molar-refractivity contribution in [1.82, 2.24) is 0 Å². The SMILES string of the molecule is CCOc1ccc(-c2cccs2)c(Cl)c1. The molecule has 0 saturated carbocycles. The Bertz CT molecular complexity index is 437. The average Bonchev–Trinajstić information content (AvgIpc) is 2.71. The van der Waals surface area contributed by atoms with Crippen LogP contribution in [0.2, 0.25) is 5.02 Å². The summed E-state index contributed by atoms with van der Waals surface area (Å²) in [5.41, 5.74) is 1.06. The summed E-state index contributed by atoms with van der Waals surface area (Å²) in [6, 6.07) is 9.89. The van der Waals surface area contributed by atoms with Gasteiger partial charge in [0.15, 0.2) is 0 Å². The second kappa shape index (κ2) is 4.69. The molecule has 0 amide bonds. The second-order valence-corrected chi connectivity index (χ2v) is 4.41. The van der Waals surface area contributed by atoms with E-state index in [4.69, 9.17) is 16.3 Å². The molecule has 3 heteroatoms. The van der Waals surface area contributed by atoms with Gasteiger partial charge in [-0.05, 0) is 36.6 Å². The maximum atomic E-state index is 6.18. The van der Waals surface area contributed by atoms with Gasteiger partial charge in [0.05, 0.1) is 11.6 Å². The molecule has 0 saturated heterocycles. The van der Waals surface area contributed by atoms with Crippen molar-refractivity contribution in [3.63, 3.8) is 0 Å². The van der Waals surface area contributed by atoms with Crippen LogP contribution in [0.15, 0.2) is 35.7 Å². The molecule has 0 N–H and O–H groups in total. The van der Waals surface area contributed by atoms with Gasteiger partial charge >= 0.3 is 0 Å². The number of hydrogen-bond acceptors (Lipinski definition) is 2. The largest absolute Gasteiger partial charge is 0.494 e. The van der Waals surface area contributed by atoms with Gasteiger partial charge in [-0.1, -0.05) is 17.7 Å². The molecule has 2 aromatic rings. The van der Waals surface area contributed by atoms with E-state index in [1.54, 1.807) is 11.3 Å². The number of halogens is 1. The van der Waals surface area contributed by atoms with Gasteiger partial charge in [-0.2, -0.15) is 0 Å². The minimum Gasteiger partial charge on any atom is -0.494 e. The van der Waals surface area contributed by atoms with Gasteiger partial charge in [0.2, 0.25) is 0 Å². The fourth-order valence-electron chi connectivity index (χ4n) is 1.38. The van der Waals surface area contributed by atoms with Crippen LogP contribution in [0, 0.1) is 0 Å².